The largest absolute Gasteiger partial charge is 0.383 e. The first-order valence-electron chi connectivity index (χ1n) is 6.63. The Morgan fingerprint density at radius 1 is 1.29 bits per heavy atom. The van der Waals surface area contributed by atoms with Crippen molar-refractivity contribution in [1.82, 2.24) is 9.55 Å². The summed E-state index contributed by atoms with van der Waals surface area (Å²) >= 11 is 0. The molecule has 6 nitrogen and oxygen atoms in total. The standard InChI is InChI=1S/C14H17FN4O2/c1-2-7-19-12(16)11(13(20)18-14(19)21)17-8-9-3-5-10(15)6-4-9/h3-6,17H,2,7-8,16H2,1H3,(H,18,20,21). The van der Waals surface area contributed by atoms with Gasteiger partial charge in [0.05, 0.1) is 0 Å². The summed E-state index contributed by atoms with van der Waals surface area (Å²) in [4.78, 5) is 25.7. The van der Waals surface area contributed by atoms with Crippen LogP contribution in [-0.2, 0) is 13.1 Å². The van der Waals surface area contributed by atoms with E-state index < -0.39 is 11.2 Å². The van der Waals surface area contributed by atoms with E-state index in [0.29, 0.717) is 19.5 Å². The van der Waals surface area contributed by atoms with Crippen molar-refractivity contribution in [2.75, 3.05) is 11.1 Å². The molecule has 0 aliphatic carbocycles. The highest BCUT2D eigenvalue weighted by atomic mass is 19.1. The first-order valence-corrected chi connectivity index (χ1v) is 6.63. The van der Waals surface area contributed by atoms with Crippen LogP contribution in [0, 0.1) is 5.82 Å². The summed E-state index contributed by atoms with van der Waals surface area (Å²) in [6.07, 6.45) is 0.716. The number of rotatable bonds is 5. The van der Waals surface area contributed by atoms with Gasteiger partial charge in [0.2, 0.25) is 0 Å². The third-order valence-electron chi connectivity index (χ3n) is 3.07. The molecule has 0 atom stereocenters. The molecule has 1 aromatic carbocycles. The minimum Gasteiger partial charge on any atom is -0.383 e. The van der Waals surface area contributed by atoms with Gasteiger partial charge in [-0.25, -0.2) is 9.18 Å². The van der Waals surface area contributed by atoms with Gasteiger partial charge in [0.15, 0.2) is 0 Å². The van der Waals surface area contributed by atoms with Gasteiger partial charge in [-0.2, -0.15) is 0 Å². The van der Waals surface area contributed by atoms with Crippen LogP contribution in [0.4, 0.5) is 15.9 Å². The molecule has 0 radical (unpaired) electrons. The Bertz CT molecular complexity index is 734. The summed E-state index contributed by atoms with van der Waals surface area (Å²) in [5.41, 5.74) is 5.74. The number of hydrogen-bond donors (Lipinski definition) is 3. The quantitative estimate of drug-likeness (QED) is 0.774. The lowest BCUT2D eigenvalue weighted by atomic mass is 10.2. The van der Waals surface area contributed by atoms with Gasteiger partial charge in [-0.15, -0.1) is 0 Å². The monoisotopic (exact) mass is 292 g/mol. The van der Waals surface area contributed by atoms with Gasteiger partial charge in [0.1, 0.15) is 17.3 Å². The van der Waals surface area contributed by atoms with E-state index >= 15 is 0 Å². The van der Waals surface area contributed by atoms with E-state index in [9.17, 15) is 14.0 Å². The van der Waals surface area contributed by atoms with Crippen LogP contribution in [0.1, 0.15) is 18.9 Å². The van der Waals surface area contributed by atoms with Gasteiger partial charge in [-0.3, -0.25) is 14.3 Å². The van der Waals surface area contributed by atoms with Crippen LogP contribution in [-0.4, -0.2) is 9.55 Å². The second-order valence-corrected chi connectivity index (χ2v) is 4.65. The second kappa shape index (κ2) is 6.25. The predicted molar refractivity (Wildman–Crippen MR) is 79.8 cm³/mol. The molecule has 2 aromatic rings. The first kappa shape index (κ1) is 14.8. The van der Waals surface area contributed by atoms with E-state index in [-0.39, 0.29) is 17.3 Å². The van der Waals surface area contributed by atoms with Crippen LogP contribution >= 0.6 is 0 Å². The topological polar surface area (TPSA) is 92.9 Å². The molecular weight excluding hydrogens is 275 g/mol. The maximum absolute atomic E-state index is 12.8. The molecule has 0 bridgehead atoms. The van der Waals surface area contributed by atoms with Crippen LogP contribution in [0.3, 0.4) is 0 Å². The van der Waals surface area contributed by atoms with E-state index in [0.717, 1.165) is 5.56 Å². The van der Waals surface area contributed by atoms with Crippen molar-refractivity contribution in [1.29, 1.82) is 0 Å². The summed E-state index contributed by atoms with van der Waals surface area (Å²) < 4.78 is 14.1. The molecule has 0 unspecified atom stereocenters. The van der Waals surface area contributed by atoms with E-state index in [1.165, 1.54) is 16.7 Å². The normalized spacial score (nSPS) is 10.6. The summed E-state index contributed by atoms with van der Waals surface area (Å²) in [6, 6.07) is 5.88. The highest BCUT2D eigenvalue weighted by Crippen LogP contribution is 2.12. The van der Waals surface area contributed by atoms with Crippen molar-refractivity contribution in [3.05, 3.63) is 56.5 Å². The average molecular weight is 292 g/mol. The first-order chi connectivity index (χ1) is 10.0. The van der Waals surface area contributed by atoms with Crippen molar-refractivity contribution < 1.29 is 4.39 Å². The Labute approximate surface area is 120 Å². The molecule has 0 spiro atoms. The summed E-state index contributed by atoms with van der Waals surface area (Å²) in [6.45, 7) is 2.63. The van der Waals surface area contributed by atoms with E-state index in [1.54, 1.807) is 12.1 Å². The number of hydrogen-bond acceptors (Lipinski definition) is 4. The van der Waals surface area contributed by atoms with Gasteiger partial charge < -0.3 is 11.1 Å². The summed E-state index contributed by atoms with van der Waals surface area (Å²) in [5.74, 6) is -0.222. The Morgan fingerprint density at radius 2 is 1.95 bits per heavy atom. The number of nitrogens with zero attached hydrogens (tertiary/aromatic N) is 1. The minimum atomic E-state index is -0.563. The number of nitrogens with one attached hydrogen (secondary N) is 2. The fourth-order valence-electron chi connectivity index (χ4n) is 2.00. The molecule has 0 aliphatic rings. The second-order valence-electron chi connectivity index (χ2n) is 4.65. The maximum Gasteiger partial charge on any atom is 0.330 e. The molecule has 1 heterocycles. The van der Waals surface area contributed by atoms with Crippen LogP contribution in [0.15, 0.2) is 33.9 Å². The number of anilines is 2. The van der Waals surface area contributed by atoms with Gasteiger partial charge >= 0.3 is 5.69 Å². The number of nitrogens with two attached hydrogens (primary N) is 1. The molecule has 21 heavy (non-hydrogen) atoms. The molecular formula is C14H17FN4O2. The fraction of sp³-hybridized carbons (Fsp3) is 0.286. The zero-order chi connectivity index (χ0) is 15.4. The van der Waals surface area contributed by atoms with Crippen LogP contribution < -0.4 is 22.3 Å². The smallest absolute Gasteiger partial charge is 0.330 e. The third-order valence-corrected chi connectivity index (χ3v) is 3.07. The Balaban J connectivity index is 2.27. The number of aromatic amines is 1. The Hall–Kier alpha value is -2.57. The van der Waals surface area contributed by atoms with E-state index in [4.69, 9.17) is 5.73 Å². The Morgan fingerprint density at radius 3 is 2.57 bits per heavy atom. The lowest BCUT2D eigenvalue weighted by Crippen LogP contribution is -2.34. The summed E-state index contributed by atoms with van der Waals surface area (Å²) in [7, 11) is 0. The van der Waals surface area contributed by atoms with Gasteiger partial charge in [-0.1, -0.05) is 19.1 Å². The molecule has 0 amide bonds. The lowest BCUT2D eigenvalue weighted by Gasteiger charge is -2.13. The number of nitrogen functional groups attached to an aromatic ring is 1. The van der Waals surface area contributed by atoms with Crippen molar-refractivity contribution in [3.63, 3.8) is 0 Å². The van der Waals surface area contributed by atoms with E-state index in [2.05, 4.69) is 10.3 Å². The average Bonchev–Trinajstić information content (AvgIpc) is 2.45. The van der Waals surface area contributed by atoms with Crippen LogP contribution in [0.25, 0.3) is 0 Å². The maximum atomic E-state index is 12.8. The highest BCUT2D eigenvalue weighted by Gasteiger charge is 2.11. The van der Waals surface area contributed by atoms with Gasteiger partial charge in [0.25, 0.3) is 5.56 Å². The molecule has 0 saturated carbocycles. The van der Waals surface area contributed by atoms with Crippen molar-refractivity contribution in [2.24, 2.45) is 0 Å². The van der Waals surface area contributed by atoms with E-state index in [1.807, 2.05) is 6.92 Å². The SMILES string of the molecule is CCCn1c(N)c(NCc2ccc(F)cc2)c(=O)[nH]c1=O. The van der Waals surface area contributed by atoms with Crippen LogP contribution in [0.2, 0.25) is 0 Å². The number of halogens is 1. The molecule has 1 aromatic heterocycles. The molecule has 0 fully saturated rings. The zero-order valence-corrected chi connectivity index (χ0v) is 11.6. The van der Waals surface area contributed by atoms with Crippen LogP contribution in [0.5, 0.6) is 0 Å². The lowest BCUT2D eigenvalue weighted by molar-refractivity contribution is 0.627. The zero-order valence-electron chi connectivity index (χ0n) is 11.6. The molecule has 7 heteroatoms. The molecule has 0 saturated heterocycles. The van der Waals surface area contributed by atoms with Crippen molar-refractivity contribution >= 4 is 11.5 Å². The number of H-pyrrole nitrogens is 1. The van der Waals surface area contributed by atoms with Crippen molar-refractivity contribution in [3.8, 4) is 0 Å². The van der Waals surface area contributed by atoms with Gasteiger partial charge in [-0.05, 0) is 24.1 Å². The molecule has 2 rings (SSSR count). The third kappa shape index (κ3) is 3.31. The fourth-order valence-corrected chi connectivity index (χ4v) is 2.00. The molecule has 4 N–H and O–H groups in total. The number of benzene rings is 1. The molecule has 0 aliphatic heterocycles. The predicted octanol–water partition coefficient (Wildman–Crippen LogP) is 1.28. The van der Waals surface area contributed by atoms with Gasteiger partial charge in [0, 0.05) is 13.1 Å². The number of aromatic nitrogens is 2. The summed E-state index contributed by atoms with van der Waals surface area (Å²) in [5, 5.41) is 2.89. The highest BCUT2D eigenvalue weighted by molar-refractivity contribution is 5.60. The minimum absolute atomic E-state index is 0.104. The Kier molecular flexibility index (Phi) is 4.42. The van der Waals surface area contributed by atoms with Crippen molar-refractivity contribution in [2.45, 2.75) is 26.4 Å². The molecule has 112 valence electrons.